The van der Waals surface area contributed by atoms with Gasteiger partial charge in [0.25, 0.3) is 5.91 Å². The number of allylic oxidation sites excluding steroid dienone is 2. The zero-order valence-electron chi connectivity index (χ0n) is 30.0. The number of aromatic nitrogens is 1. The molecule has 0 radical (unpaired) electrons. The maximum Gasteiger partial charge on any atom is 0.255 e. The van der Waals surface area contributed by atoms with E-state index in [1.54, 1.807) is 0 Å². The summed E-state index contributed by atoms with van der Waals surface area (Å²) in [6.45, 7) is 6.11. The lowest BCUT2D eigenvalue weighted by molar-refractivity contribution is -0.121. The second-order valence-corrected chi connectivity index (χ2v) is 13.7. The fourth-order valence-electron chi connectivity index (χ4n) is 6.84. The minimum absolute atomic E-state index is 0.0302. The van der Waals surface area contributed by atoms with Crippen molar-refractivity contribution in [3.63, 3.8) is 0 Å². The third-order valence-electron chi connectivity index (χ3n) is 9.95. The molecule has 0 spiro atoms. The second-order valence-electron chi connectivity index (χ2n) is 13.7. The molecule has 0 aliphatic heterocycles. The predicted molar refractivity (Wildman–Crippen MR) is 206 cm³/mol. The highest BCUT2D eigenvalue weighted by atomic mass is 16.5. The average Bonchev–Trinajstić information content (AvgIpc) is 3.38. The van der Waals surface area contributed by atoms with E-state index in [-0.39, 0.29) is 24.0 Å². The smallest absolute Gasteiger partial charge is 0.255 e. The van der Waals surface area contributed by atoms with Gasteiger partial charge in [-0.05, 0) is 136 Å². The van der Waals surface area contributed by atoms with Gasteiger partial charge in [0.1, 0.15) is 11.5 Å². The maximum absolute atomic E-state index is 13.2. The fraction of sp³-hybridized carbons (Fsp3) is 0.318. The van der Waals surface area contributed by atoms with Gasteiger partial charge in [-0.3, -0.25) is 9.59 Å². The van der Waals surface area contributed by atoms with Crippen LogP contribution in [0.2, 0.25) is 0 Å². The van der Waals surface area contributed by atoms with Gasteiger partial charge in [-0.2, -0.15) is 0 Å². The molecule has 1 atom stereocenters. The van der Waals surface area contributed by atoms with Crippen LogP contribution in [-0.4, -0.2) is 33.6 Å². The molecule has 7 heteroatoms. The van der Waals surface area contributed by atoms with E-state index in [4.69, 9.17) is 4.74 Å². The van der Waals surface area contributed by atoms with Crippen molar-refractivity contribution in [3.05, 3.63) is 131 Å². The number of carbonyl (C=O) groups excluding carboxylic acids is 2. The van der Waals surface area contributed by atoms with Crippen molar-refractivity contribution in [2.24, 2.45) is 0 Å². The number of aryl methyl sites for hydroxylation is 2. The Kier molecular flexibility index (Phi) is 11.7. The number of benzene rings is 4. The van der Waals surface area contributed by atoms with Crippen LogP contribution in [0.4, 0.5) is 5.69 Å². The number of rotatable bonds is 13. The number of aliphatic hydroxyl groups excluding tert-OH is 1. The molecule has 1 aromatic heterocycles. The SMILES string of the molecule is CCC(CC)NC(=O)Cc1ccc(Oc2ccc(NC(=O)c3ccc(-n4cc(CCC5=CCCC(O)CC5)c5ccccc54)cc3)cc2C)cc1. The Morgan fingerprint density at radius 3 is 2.43 bits per heavy atom. The molecule has 0 saturated carbocycles. The first-order valence-corrected chi connectivity index (χ1v) is 18.3. The summed E-state index contributed by atoms with van der Waals surface area (Å²) in [5.74, 6) is 1.22. The first kappa shape index (κ1) is 35.7. The van der Waals surface area contributed by atoms with Crippen molar-refractivity contribution in [2.75, 3.05) is 5.32 Å². The minimum atomic E-state index is -0.183. The zero-order chi connectivity index (χ0) is 35.7. The number of hydrogen-bond donors (Lipinski definition) is 3. The van der Waals surface area contributed by atoms with Crippen LogP contribution in [0.1, 0.15) is 85.8 Å². The second kappa shape index (κ2) is 16.7. The molecule has 3 N–H and O–H groups in total. The van der Waals surface area contributed by atoms with Crippen LogP contribution >= 0.6 is 0 Å². The highest BCUT2D eigenvalue weighted by Gasteiger charge is 2.15. The number of nitrogens with zero attached hydrogens (tertiary/aromatic N) is 1. The van der Waals surface area contributed by atoms with Gasteiger partial charge >= 0.3 is 0 Å². The Morgan fingerprint density at radius 2 is 1.69 bits per heavy atom. The largest absolute Gasteiger partial charge is 0.457 e. The van der Waals surface area contributed by atoms with E-state index in [2.05, 4.69) is 65.6 Å². The number of anilines is 1. The number of amides is 2. The van der Waals surface area contributed by atoms with Crippen molar-refractivity contribution in [1.29, 1.82) is 0 Å². The van der Waals surface area contributed by atoms with Crippen LogP contribution in [0.3, 0.4) is 0 Å². The molecular weight excluding hydrogens is 635 g/mol. The van der Waals surface area contributed by atoms with E-state index >= 15 is 0 Å². The molecule has 2 amide bonds. The summed E-state index contributed by atoms with van der Waals surface area (Å²) in [4.78, 5) is 25.6. The van der Waals surface area contributed by atoms with Crippen molar-refractivity contribution < 1.29 is 19.4 Å². The number of fused-ring (bicyclic) bond motifs is 1. The number of aliphatic hydroxyl groups is 1. The van der Waals surface area contributed by atoms with Crippen molar-refractivity contribution in [1.82, 2.24) is 9.88 Å². The van der Waals surface area contributed by atoms with Crippen molar-refractivity contribution in [3.8, 4) is 17.2 Å². The van der Waals surface area contributed by atoms with Crippen LogP contribution in [-0.2, 0) is 17.6 Å². The molecule has 1 heterocycles. The van der Waals surface area contributed by atoms with E-state index < -0.39 is 0 Å². The molecule has 51 heavy (non-hydrogen) atoms. The van der Waals surface area contributed by atoms with E-state index in [1.807, 2.05) is 73.7 Å². The number of nitrogens with one attached hydrogen (secondary N) is 2. The fourth-order valence-corrected chi connectivity index (χ4v) is 6.84. The van der Waals surface area contributed by atoms with Crippen LogP contribution in [0.25, 0.3) is 16.6 Å². The molecule has 0 fully saturated rings. The summed E-state index contributed by atoms with van der Waals surface area (Å²) < 4.78 is 8.34. The van der Waals surface area contributed by atoms with Crippen LogP contribution in [0.5, 0.6) is 11.5 Å². The monoisotopic (exact) mass is 683 g/mol. The van der Waals surface area contributed by atoms with Crippen LogP contribution < -0.4 is 15.4 Å². The molecule has 1 aliphatic carbocycles. The maximum atomic E-state index is 13.2. The van der Waals surface area contributed by atoms with E-state index in [1.165, 1.54) is 16.5 Å². The Balaban J connectivity index is 1.06. The van der Waals surface area contributed by atoms with Gasteiger partial charge in [0, 0.05) is 34.6 Å². The van der Waals surface area contributed by atoms with Crippen molar-refractivity contribution in [2.45, 2.75) is 90.7 Å². The average molecular weight is 684 g/mol. The van der Waals surface area contributed by atoms with Crippen LogP contribution in [0, 0.1) is 6.92 Å². The molecule has 5 aromatic rings. The van der Waals surface area contributed by atoms with Crippen LogP contribution in [0.15, 0.2) is 109 Å². The molecule has 0 saturated heterocycles. The molecule has 1 unspecified atom stereocenters. The minimum Gasteiger partial charge on any atom is -0.457 e. The normalized spacial score (nSPS) is 14.6. The molecule has 0 bridgehead atoms. The molecule has 1 aliphatic rings. The summed E-state index contributed by atoms with van der Waals surface area (Å²) in [6.07, 6.45) is 12.1. The third-order valence-corrected chi connectivity index (χ3v) is 9.95. The van der Waals surface area contributed by atoms with Gasteiger partial charge in [-0.25, -0.2) is 0 Å². The molecule has 264 valence electrons. The van der Waals surface area contributed by atoms with Gasteiger partial charge < -0.3 is 25.0 Å². The Hall–Kier alpha value is -5.14. The summed E-state index contributed by atoms with van der Waals surface area (Å²) in [6, 6.07) is 29.6. The van der Waals surface area contributed by atoms with E-state index in [0.717, 1.165) is 73.7 Å². The third kappa shape index (κ3) is 9.16. The summed E-state index contributed by atoms with van der Waals surface area (Å²) >= 11 is 0. The number of hydrogen-bond acceptors (Lipinski definition) is 4. The molecule has 7 nitrogen and oxygen atoms in total. The molecule has 4 aromatic carbocycles. The molecular formula is C44H49N3O4. The lowest BCUT2D eigenvalue weighted by Crippen LogP contribution is -2.34. The predicted octanol–water partition coefficient (Wildman–Crippen LogP) is 9.62. The Morgan fingerprint density at radius 1 is 0.922 bits per heavy atom. The quantitative estimate of drug-likeness (QED) is 0.108. The van der Waals surface area contributed by atoms with Gasteiger partial charge in [0.05, 0.1) is 18.0 Å². The lowest BCUT2D eigenvalue weighted by Gasteiger charge is -2.15. The zero-order valence-corrected chi connectivity index (χ0v) is 30.0. The van der Waals surface area contributed by atoms with Gasteiger partial charge in [0.15, 0.2) is 0 Å². The number of ether oxygens (including phenoxy) is 1. The van der Waals surface area contributed by atoms with Crippen molar-refractivity contribution >= 4 is 28.4 Å². The lowest BCUT2D eigenvalue weighted by atomic mass is 10.0. The first-order chi connectivity index (χ1) is 24.8. The van der Waals surface area contributed by atoms with Gasteiger partial charge in [-0.15, -0.1) is 0 Å². The summed E-state index contributed by atoms with van der Waals surface area (Å²) in [5, 5.41) is 17.4. The van der Waals surface area contributed by atoms with Gasteiger partial charge in [-0.1, -0.05) is 55.8 Å². The number of carbonyl (C=O) groups is 2. The summed E-state index contributed by atoms with van der Waals surface area (Å²) in [7, 11) is 0. The topological polar surface area (TPSA) is 92.6 Å². The Bertz CT molecular complexity index is 1990. The van der Waals surface area contributed by atoms with Gasteiger partial charge in [0.2, 0.25) is 5.91 Å². The van der Waals surface area contributed by atoms with E-state index in [9.17, 15) is 14.7 Å². The summed E-state index contributed by atoms with van der Waals surface area (Å²) in [5.41, 5.74) is 7.97. The standard InChI is InChI=1S/C44H49N3O4/c1-4-35(5-2)45-43(49)28-32-15-24-39(25-16-32)51-42-26-20-36(27-30(42)3)46-44(50)33-18-21-37(22-19-33)47-29-34(40-11-6-7-12-41(40)47)17-13-31-9-8-10-38(48)23-14-31/h6-7,9,11-12,15-16,18-22,24-27,29,35,38,48H,4-5,8,10,13-14,17,23,28H2,1-3H3,(H,45,49)(H,46,50). The molecule has 6 rings (SSSR count). The number of para-hydroxylation sites is 1. The Labute approximate surface area is 301 Å². The highest BCUT2D eigenvalue weighted by molar-refractivity contribution is 6.04. The van der Waals surface area contributed by atoms with E-state index in [0.29, 0.717) is 29.2 Å². The first-order valence-electron chi connectivity index (χ1n) is 18.3. The highest BCUT2D eigenvalue weighted by Crippen LogP contribution is 2.30.